The summed E-state index contributed by atoms with van der Waals surface area (Å²) in [5.41, 5.74) is -0.517. The molecule has 0 bridgehead atoms. The van der Waals surface area contributed by atoms with E-state index in [9.17, 15) is 22.7 Å². The summed E-state index contributed by atoms with van der Waals surface area (Å²) < 4.78 is 51.1. The summed E-state index contributed by atoms with van der Waals surface area (Å²) >= 11 is 1.38. The van der Waals surface area contributed by atoms with Crippen LogP contribution in [0.25, 0.3) is 0 Å². The Balaban J connectivity index is 2.25. The smallest absolute Gasteiger partial charge is 0.388 e. The van der Waals surface area contributed by atoms with Gasteiger partial charge in [-0.15, -0.1) is 11.3 Å². The summed E-state index contributed by atoms with van der Waals surface area (Å²) in [6.07, 6.45) is -5.84. The molecule has 1 heterocycles. The SMILES string of the molecule is Cc1nc(CC(O)c2ccc(F)c(C(F)(F)F)c2)sc1C. The van der Waals surface area contributed by atoms with Crippen LogP contribution in [0.4, 0.5) is 17.6 Å². The normalized spacial score (nSPS) is 13.5. The van der Waals surface area contributed by atoms with Crippen molar-refractivity contribution in [2.75, 3.05) is 0 Å². The molecule has 1 atom stereocenters. The van der Waals surface area contributed by atoms with Gasteiger partial charge in [-0.05, 0) is 31.5 Å². The van der Waals surface area contributed by atoms with E-state index >= 15 is 0 Å². The van der Waals surface area contributed by atoms with Gasteiger partial charge in [0.1, 0.15) is 5.82 Å². The van der Waals surface area contributed by atoms with Crippen molar-refractivity contribution in [1.82, 2.24) is 4.98 Å². The van der Waals surface area contributed by atoms with Gasteiger partial charge in [-0.3, -0.25) is 0 Å². The van der Waals surface area contributed by atoms with Gasteiger partial charge in [-0.1, -0.05) is 6.07 Å². The first-order valence-corrected chi connectivity index (χ1v) is 6.97. The number of rotatable bonds is 3. The Hall–Kier alpha value is -1.47. The Morgan fingerprint density at radius 1 is 1.29 bits per heavy atom. The number of thiazole rings is 1. The molecule has 0 saturated carbocycles. The van der Waals surface area contributed by atoms with E-state index in [4.69, 9.17) is 0 Å². The van der Waals surface area contributed by atoms with Crippen molar-refractivity contribution in [2.24, 2.45) is 0 Å². The molecule has 0 fully saturated rings. The predicted molar refractivity (Wildman–Crippen MR) is 71.7 cm³/mol. The fourth-order valence-corrected chi connectivity index (χ4v) is 2.85. The molecule has 0 aliphatic carbocycles. The first kappa shape index (κ1) is 15.9. The largest absolute Gasteiger partial charge is 0.419 e. The molecule has 114 valence electrons. The van der Waals surface area contributed by atoms with Crippen LogP contribution in [0.3, 0.4) is 0 Å². The molecule has 2 rings (SSSR count). The number of aryl methyl sites for hydroxylation is 2. The van der Waals surface area contributed by atoms with Crippen molar-refractivity contribution in [3.8, 4) is 0 Å². The highest BCUT2D eigenvalue weighted by Gasteiger charge is 2.34. The monoisotopic (exact) mass is 319 g/mol. The topological polar surface area (TPSA) is 33.1 Å². The van der Waals surface area contributed by atoms with Gasteiger partial charge in [0.05, 0.1) is 22.4 Å². The fraction of sp³-hybridized carbons (Fsp3) is 0.357. The number of alkyl halides is 3. The molecule has 2 nitrogen and oxygen atoms in total. The Bertz CT molecular complexity index is 631. The second-order valence-electron chi connectivity index (χ2n) is 4.71. The lowest BCUT2D eigenvalue weighted by molar-refractivity contribution is -0.140. The third kappa shape index (κ3) is 3.59. The highest BCUT2D eigenvalue weighted by molar-refractivity contribution is 7.11. The van der Waals surface area contributed by atoms with Gasteiger partial charge in [0.15, 0.2) is 0 Å². The van der Waals surface area contributed by atoms with Crippen molar-refractivity contribution >= 4 is 11.3 Å². The minimum absolute atomic E-state index is 0.0224. The summed E-state index contributed by atoms with van der Waals surface area (Å²) in [5, 5.41) is 10.7. The van der Waals surface area contributed by atoms with Crippen LogP contribution < -0.4 is 0 Å². The van der Waals surface area contributed by atoms with Crippen molar-refractivity contribution in [3.05, 3.63) is 50.7 Å². The third-order valence-corrected chi connectivity index (χ3v) is 4.22. The molecule has 7 heteroatoms. The minimum atomic E-state index is -4.78. The second kappa shape index (κ2) is 5.73. The van der Waals surface area contributed by atoms with E-state index in [-0.39, 0.29) is 12.0 Å². The van der Waals surface area contributed by atoms with E-state index in [2.05, 4.69) is 4.98 Å². The molecule has 1 aromatic carbocycles. The Morgan fingerprint density at radius 3 is 2.48 bits per heavy atom. The van der Waals surface area contributed by atoms with Crippen LogP contribution in [-0.4, -0.2) is 10.1 Å². The van der Waals surface area contributed by atoms with Crippen molar-refractivity contribution < 1.29 is 22.7 Å². The molecule has 0 radical (unpaired) electrons. The van der Waals surface area contributed by atoms with Gasteiger partial charge in [0.2, 0.25) is 0 Å². The highest BCUT2D eigenvalue weighted by Crippen LogP contribution is 2.33. The maximum Gasteiger partial charge on any atom is 0.419 e. The van der Waals surface area contributed by atoms with Crippen LogP contribution in [0.5, 0.6) is 0 Å². The third-order valence-electron chi connectivity index (χ3n) is 3.12. The number of benzene rings is 1. The number of halogens is 4. The first-order chi connectivity index (χ1) is 9.68. The fourth-order valence-electron chi connectivity index (χ4n) is 1.88. The quantitative estimate of drug-likeness (QED) is 0.860. The van der Waals surface area contributed by atoms with Crippen LogP contribution in [0.2, 0.25) is 0 Å². The van der Waals surface area contributed by atoms with Crippen LogP contribution in [0, 0.1) is 19.7 Å². The Kier molecular flexibility index (Phi) is 4.34. The van der Waals surface area contributed by atoms with E-state index in [1.807, 2.05) is 13.8 Å². The van der Waals surface area contributed by atoms with E-state index < -0.39 is 23.7 Å². The molecule has 0 aliphatic heterocycles. The maximum atomic E-state index is 13.2. The number of hydrogen-bond donors (Lipinski definition) is 1. The zero-order valence-electron chi connectivity index (χ0n) is 11.3. The zero-order chi connectivity index (χ0) is 15.8. The molecule has 1 unspecified atom stereocenters. The van der Waals surface area contributed by atoms with Crippen molar-refractivity contribution in [1.29, 1.82) is 0 Å². The molecule has 0 amide bonds. The summed E-state index contributed by atoms with van der Waals surface area (Å²) in [7, 11) is 0. The minimum Gasteiger partial charge on any atom is -0.388 e. The van der Waals surface area contributed by atoms with Gasteiger partial charge in [0, 0.05) is 11.3 Å². The van der Waals surface area contributed by atoms with Gasteiger partial charge in [-0.25, -0.2) is 9.37 Å². The van der Waals surface area contributed by atoms with E-state index in [0.29, 0.717) is 11.1 Å². The molecule has 0 saturated heterocycles. The highest BCUT2D eigenvalue weighted by atomic mass is 32.1. The number of nitrogens with zero attached hydrogens (tertiary/aromatic N) is 1. The zero-order valence-corrected chi connectivity index (χ0v) is 12.1. The lowest BCUT2D eigenvalue weighted by atomic mass is 10.0. The molecule has 2 aromatic rings. The van der Waals surface area contributed by atoms with Crippen LogP contribution in [-0.2, 0) is 12.6 Å². The molecule has 0 aliphatic rings. The van der Waals surface area contributed by atoms with E-state index in [1.165, 1.54) is 11.3 Å². The van der Waals surface area contributed by atoms with Crippen LogP contribution >= 0.6 is 11.3 Å². The van der Waals surface area contributed by atoms with E-state index in [0.717, 1.165) is 22.7 Å². The van der Waals surface area contributed by atoms with Gasteiger partial charge < -0.3 is 5.11 Å². The Labute approximate surface area is 123 Å². The standard InChI is InChI=1S/C14H13F4NOS/c1-7-8(2)21-13(19-7)6-12(20)9-3-4-11(15)10(5-9)14(16,17)18/h3-5,12,20H,6H2,1-2H3. The lowest BCUT2D eigenvalue weighted by Gasteiger charge is -2.13. The summed E-state index contributed by atoms with van der Waals surface area (Å²) in [6.45, 7) is 3.70. The number of aliphatic hydroxyl groups is 1. The number of hydrogen-bond acceptors (Lipinski definition) is 3. The second-order valence-corrected chi connectivity index (χ2v) is 5.99. The van der Waals surface area contributed by atoms with Crippen molar-refractivity contribution in [3.63, 3.8) is 0 Å². The molecule has 1 aromatic heterocycles. The molecular weight excluding hydrogens is 306 g/mol. The molecule has 1 N–H and O–H groups in total. The number of aliphatic hydroxyl groups excluding tert-OH is 1. The van der Waals surface area contributed by atoms with E-state index in [1.54, 1.807) is 0 Å². The molecular formula is C14H13F4NOS. The summed E-state index contributed by atoms with van der Waals surface area (Å²) in [6, 6.07) is 2.52. The molecule has 21 heavy (non-hydrogen) atoms. The van der Waals surface area contributed by atoms with Crippen molar-refractivity contribution in [2.45, 2.75) is 32.5 Å². The van der Waals surface area contributed by atoms with Crippen LogP contribution in [0.1, 0.15) is 32.8 Å². The lowest BCUT2D eigenvalue weighted by Crippen LogP contribution is -2.10. The predicted octanol–water partition coefficient (Wildman–Crippen LogP) is 4.19. The summed E-state index contributed by atoms with van der Waals surface area (Å²) in [4.78, 5) is 5.22. The summed E-state index contributed by atoms with van der Waals surface area (Å²) in [5.74, 6) is -1.35. The maximum absolute atomic E-state index is 13.2. The van der Waals surface area contributed by atoms with Gasteiger partial charge >= 0.3 is 6.18 Å². The number of aromatic nitrogens is 1. The van der Waals surface area contributed by atoms with Crippen LogP contribution in [0.15, 0.2) is 18.2 Å². The Morgan fingerprint density at radius 2 is 1.95 bits per heavy atom. The first-order valence-electron chi connectivity index (χ1n) is 6.16. The van der Waals surface area contributed by atoms with Gasteiger partial charge in [-0.2, -0.15) is 13.2 Å². The average Bonchev–Trinajstić information content (AvgIpc) is 2.67. The average molecular weight is 319 g/mol. The molecule has 0 spiro atoms. The van der Waals surface area contributed by atoms with Gasteiger partial charge in [0.25, 0.3) is 0 Å².